The van der Waals surface area contributed by atoms with Crippen LogP contribution < -0.4 is 4.72 Å². The van der Waals surface area contributed by atoms with Crippen molar-refractivity contribution in [2.75, 3.05) is 0 Å². The summed E-state index contributed by atoms with van der Waals surface area (Å²) in [6.07, 6.45) is 1.72. The number of rotatable bonds is 6. The molecule has 0 spiro atoms. The molecule has 29 heavy (non-hydrogen) atoms. The van der Waals surface area contributed by atoms with Crippen molar-refractivity contribution < 1.29 is 8.42 Å². The number of aryl methyl sites for hydroxylation is 1. The summed E-state index contributed by atoms with van der Waals surface area (Å²) in [7, 11) is -3.63. The highest BCUT2D eigenvalue weighted by Crippen LogP contribution is 2.26. The molecule has 0 saturated carbocycles. The second-order valence-corrected chi connectivity index (χ2v) is 9.42. The summed E-state index contributed by atoms with van der Waals surface area (Å²) in [5, 5.41) is 1.98. The minimum atomic E-state index is -3.63. The Hall–Kier alpha value is -2.80. The van der Waals surface area contributed by atoms with Crippen LogP contribution in [0.25, 0.3) is 21.7 Å². The van der Waals surface area contributed by atoms with Crippen LogP contribution in [0.5, 0.6) is 0 Å². The van der Waals surface area contributed by atoms with Crippen LogP contribution in [0.15, 0.2) is 89.3 Å². The Morgan fingerprint density at radius 3 is 2.48 bits per heavy atom. The van der Waals surface area contributed by atoms with Gasteiger partial charge in [0.2, 0.25) is 10.0 Å². The summed E-state index contributed by atoms with van der Waals surface area (Å²) < 4.78 is 28.3. The van der Waals surface area contributed by atoms with Gasteiger partial charge in [-0.25, -0.2) is 13.1 Å². The molecule has 6 heteroatoms. The molecule has 4 nitrogen and oxygen atoms in total. The maximum absolute atomic E-state index is 12.8. The van der Waals surface area contributed by atoms with Gasteiger partial charge in [-0.2, -0.15) is 0 Å². The Labute approximate surface area is 175 Å². The molecule has 2 aromatic carbocycles. The molecular weight excluding hydrogens is 400 g/mol. The Morgan fingerprint density at radius 1 is 0.931 bits per heavy atom. The van der Waals surface area contributed by atoms with Crippen LogP contribution in [0.4, 0.5) is 0 Å². The van der Waals surface area contributed by atoms with Gasteiger partial charge in [0.25, 0.3) is 0 Å². The highest BCUT2D eigenvalue weighted by Gasteiger charge is 2.16. The van der Waals surface area contributed by atoms with Gasteiger partial charge < -0.3 is 0 Å². The molecule has 146 valence electrons. The molecule has 0 unspecified atom stereocenters. The third-order valence-corrected chi connectivity index (χ3v) is 6.91. The molecule has 0 aliphatic rings. The van der Waals surface area contributed by atoms with E-state index >= 15 is 0 Å². The van der Waals surface area contributed by atoms with Gasteiger partial charge in [0.1, 0.15) is 0 Å². The van der Waals surface area contributed by atoms with Gasteiger partial charge in [0.15, 0.2) is 0 Å². The molecule has 0 atom stereocenters. The van der Waals surface area contributed by atoms with Crippen LogP contribution >= 0.6 is 11.3 Å². The summed E-state index contributed by atoms with van der Waals surface area (Å²) in [6, 6.07) is 22.7. The predicted octanol–water partition coefficient (Wildman–Crippen LogP) is 5.26. The maximum atomic E-state index is 12.8. The van der Waals surface area contributed by atoms with Gasteiger partial charge in [-0.05, 0) is 53.3 Å². The SMILES string of the molecule is Cc1cccc(-c2ccc(S(=O)(=O)NCc3cccnc3-c3cccs3)cc2)c1. The molecule has 2 heterocycles. The second-order valence-electron chi connectivity index (χ2n) is 6.71. The first kappa shape index (κ1) is 19.5. The Balaban J connectivity index is 1.53. The van der Waals surface area contributed by atoms with Gasteiger partial charge in [0, 0.05) is 12.7 Å². The summed E-state index contributed by atoms with van der Waals surface area (Å²) in [5.74, 6) is 0. The van der Waals surface area contributed by atoms with Crippen LogP contribution in [0.3, 0.4) is 0 Å². The molecule has 4 aromatic rings. The first-order chi connectivity index (χ1) is 14.0. The highest BCUT2D eigenvalue weighted by molar-refractivity contribution is 7.89. The number of hydrogen-bond acceptors (Lipinski definition) is 4. The number of pyridine rings is 1. The fourth-order valence-corrected chi connectivity index (χ4v) is 4.89. The van der Waals surface area contributed by atoms with Crippen LogP contribution in [-0.2, 0) is 16.6 Å². The van der Waals surface area contributed by atoms with Crippen molar-refractivity contribution in [3.05, 3.63) is 95.5 Å². The van der Waals surface area contributed by atoms with E-state index in [0.717, 1.165) is 27.3 Å². The van der Waals surface area contributed by atoms with E-state index in [-0.39, 0.29) is 11.4 Å². The predicted molar refractivity (Wildman–Crippen MR) is 118 cm³/mol. The van der Waals surface area contributed by atoms with Gasteiger partial charge in [-0.1, -0.05) is 54.1 Å². The first-order valence-electron chi connectivity index (χ1n) is 9.17. The highest BCUT2D eigenvalue weighted by atomic mass is 32.2. The van der Waals surface area contributed by atoms with E-state index in [1.54, 1.807) is 29.7 Å². The number of hydrogen-bond donors (Lipinski definition) is 1. The van der Waals surface area contributed by atoms with Gasteiger partial charge in [-0.3, -0.25) is 4.98 Å². The molecule has 0 aliphatic carbocycles. The van der Waals surface area contributed by atoms with Gasteiger partial charge >= 0.3 is 0 Å². The van der Waals surface area contributed by atoms with Crippen LogP contribution in [-0.4, -0.2) is 13.4 Å². The Morgan fingerprint density at radius 2 is 1.76 bits per heavy atom. The minimum absolute atomic E-state index is 0.184. The van der Waals surface area contributed by atoms with E-state index in [0.29, 0.717) is 0 Å². The quantitative estimate of drug-likeness (QED) is 0.463. The lowest BCUT2D eigenvalue weighted by Gasteiger charge is -2.10. The Bertz CT molecular complexity index is 1220. The van der Waals surface area contributed by atoms with E-state index in [2.05, 4.69) is 15.8 Å². The van der Waals surface area contributed by atoms with E-state index in [1.807, 2.05) is 66.9 Å². The standard InChI is InChI=1S/C23H20N2O2S2/c1-17-5-2-6-19(15-17)18-9-11-21(12-10-18)29(26,27)25-16-20-7-3-13-24-23(20)22-8-4-14-28-22/h2-15,25H,16H2,1H3. The lowest BCUT2D eigenvalue weighted by molar-refractivity contribution is 0.581. The van der Waals surface area contributed by atoms with Crippen molar-refractivity contribution in [2.24, 2.45) is 0 Å². The van der Waals surface area contributed by atoms with Gasteiger partial charge in [-0.15, -0.1) is 11.3 Å². The summed E-state index contributed by atoms with van der Waals surface area (Å²) in [5.41, 5.74) is 4.87. The lowest BCUT2D eigenvalue weighted by atomic mass is 10.0. The molecule has 0 amide bonds. The molecule has 1 N–H and O–H groups in total. The third-order valence-electron chi connectivity index (χ3n) is 4.61. The average Bonchev–Trinajstić information content (AvgIpc) is 3.27. The fraction of sp³-hybridized carbons (Fsp3) is 0.0870. The molecule has 0 radical (unpaired) electrons. The number of sulfonamides is 1. The van der Waals surface area contributed by atoms with E-state index in [1.165, 1.54) is 5.56 Å². The normalized spacial score (nSPS) is 11.5. The second kappa shape index (κ2) is 8.29. The van der Waals surface area contributed by atoms with Crippen molar-refractivity contribution in [3.8, 4) is 21.7 Å². The zero-order chi connectivity index (χ0) is 20.3. The molecule has 0 saturated heterocycles. The number of nitrogens with one attached hydrogen (secondary N) is 1. The molecular formula is C23H20N2O2S2. The molecule has 0 bridgehead atoms. The average molecular weight is 421 g/mol. The molecule has 2 aromatic heterocycles. The van der Waals surface area contributed by atoms with E-state index in [9.17, 15) is 8.42 Å². The first-order valence-corrected chi connectivity index (χ1v) is 11.5. The van der Waals surface area contributed by atoms with Crippen LogP contribution in [0, 0.1) is 6.92 Å². The summed E-state index contributed by atoms with van der Waals surface area (Å²) >= 11 is 1.58. The summed E-state index contributed by atoms with van der Waals surface area (Å²) in [4.78, 5) is 5.68. The smallest absolute Gasteiger partial charge is 0.240 e. The number of benzene rings is 2. The Kier molecular flexibility index (Phi) is 5.58. The van der Waals surface area contributed by atoms with Crippen LogP contribution in [0.2, 0.25) is 0 Å². The van der Waals surface area contributed by atoms with Crippen molar-refractivity contribution in [3.63, 3.8) is 0 Å². The summed E-state index contributed by atoms with van der Waals surface area (Å²) in [6.45, 7) is 2.22. The number of nitrogens with zero attached hydrogens (tertiary/aromatic N) is 1. The van der Waals surface area contributed by atoms with E-state index in [4.69, 9.17) is 0 Å². The topological polar surface area (TPSA) is 59.1 Å². The molecule has 0 fully saturated rings. The lowest BCUT2D eigenvalue weighted by Crippen LogP contribution is -2.23. The molecule has 4 rings (SSSR count). The number of aromatic nitrogens is 1. The zero-order valence-corrected chi connectivity index (χ0v) is 17.5. The fourth-order valence-electron chi connectivity index (χ4n) is 3.12. The van der Waals surface area contributed by atoms with Crippen molar-refractivity contribution >= 4 is 21.4 Å². The largest absolute Gasteiger partial charge is 0.255 e. The van der Waals surface area contributed by atoms with Crippen molar-refractivity contribution in [2.45, 2.75) is 18.4 Å². The molecule has 0 aliphatic heterocycles. The third kappa shape index (κ3) is 4.45. The monoisotopic (exact) mass is 420 g/mol. The maximum Gasteiger partial charge on any atom is 0.240 e. The van der Waals surface area contributed by atoms with Gasteiger partial charge in [0.05, 0.1) is 15.5 Å². The zero-order valence-electron chi connectivity index (χ0n) is 15.9. The van der Waals surface area contributed by atoms with E-state index < -0.39 is 10.0 Å². The number of thiophene rings is 1. The minimum Gasteiger partial charge on any atom is -0.255 e. The van der Waals surface area contributed by atoms with Crippen molar-refractivity contribution in [1.29, 1.82) is 0 Å². The van der Waals surface area contributed by atoms with Crippen LogP contribution in [0.1, 0.15) is 11.1 Å². The van der Waals surface area contributed by atoms with Crippen molar-refractivity contribution in [1.82, 2.24) is 9.71 Å².